The second kappa shape index (κ2) is 6.99. The Balaban J connectivity index is 2.48. The maximum absolute atomic E-state index is 12.6. The van der Waals surface area contributed by atoms with Gasteiger partial charge < -0.3 is 10.1 Å². The van der Waals surface area contributed by atoms with E-state index in [1.54, 1.807) is 0 Å². The molecule has 20 heavy (non-hydrogen) atoms. The van der Waals surface area contributed by atoms with Crippen molar-refractivity contribution >= 4 is 22.1 Å². The summed E-state index contributed by atoms with van der Waals surface area (Å²) >= 11 is 0. The Labute approximate surface area is 116 Å². The first-order valence-corrected chi connectivity index (χ1v) is 7.08. The van der Waals surface area contributed by atoms with Crippen LogP contribution in [0.15, 0.2) is 29.2 Å². The fraction of sp³-hybridized carbons (Fsp3) is 0.333. The normalized spacial score (nSPS) is 10.9. The third-order valence-corrected chi connectivity index (χ3v) is 3.28. The van der Waals surface area contributed by atoms with Gasteiger partial charge in [-0.1, -0.05) is 12.1 Å². The number of halogens is 1. The van der Waals surface area contributed by atoms with E-state index in [9.17, 15) is 21.9 Å². The quantitative estimate of drug-likeness (QED) is 0.613. The molecule has 0 aliphatic carbocycles. The summed E-state index contributed by atoms with van der Waals surface area (Å²) in [6, 6.07) is 4.89. The first-order valence-electron chi connectivity index (χ1n) is 5.70. The van der Waals surface area contributed by atoms with E-state index >= 15 is 0 Å². The zero-order chi connectivity index (χ0) is 15.2. The van der Waals surface area contributed by atoms with Crippen LogP contribution in [0.1, 0.15) is 12.0 Å². The van der Waals surface area contributed by atoms with Gasteiger partial charge >= 0.3 is 16.2 Å². The number of carbonyl (C=O) groups excluding carboxylic acids is 2. The summed E-state index contributed by atoms with van der Waals surface area (Å²) < 4.78 is 38.3. The van der Waals surface area contributed by atoms with Crippen molar-refractivity contribution < 1.29 is 26.6 Å². The smallest absolute Gasteiger partial charge is 0.332 e. The number of amides is 1. The Hall–Kier alpha value is -1.96. The van der Waals surface area contributed by atoms with E-state index in [0.29, 0.717) is 5.56 Å². The van der Waals surface area contributed by atoms with Crippen LogP contribution in [0, 0.1) is 0 Å². The summed E-state index contributed by atoms with van der Waals surface area (Å²) in [5.74, 6) is -0.757. The molecule has 1 aromatic rings. The summed E-state index contributed by atoms with van der Waals surface area (Å²) in [5, 5.41) is 2.51. The van der Waals surface area contributed by atoms with Gasteiger partial charge in [0.1, 0.15) is 0 Å². The Bertz CT molecular complexity index is 582. The first kappa shape index (κ1) is 16.1. The molecule has 1 rings (SSSR count). The lowest BCUT2D eigenvalue weighted by Gasteiger charge is -2.05. The van der Waals surface area contributed by atoms with Crippen molar-refractivity contribution in [1.29, 1.82) is 0 Å². The molecule has 0 aliphatic rings. The fourth-order valence-electron chi connectivity index (χ4n) is 1.42. The highest BCUT2D eigenvalue weighted by Gasteiger charge is 2.11. The van der Waals surface area contributed by atoms with Gasteiger partial charge in [-0.15, -0.1) is 3.89 Å². The minimum absolute atomic E-state index is 0.00772. The van der Waals surface area contributed by atoms with Gasteiger partial charge in [0.15, 0.2) is 0 Å². The van der Waals surface area contributed by atoms with Gasteiger partial charge in [-0.05, 0) is 17.7 Å². The van der Waals surface area contributed by atoms with Crippen LogP contribution in [0.5, 0.6) is 0 Å². The molecule has 0 heterocycles. The van der Waals surface area contributed by atoms with Gasteiger partial charge in [-0.2, -0.15) is 8.42 Å². The van der Waals surface area contributed by atoms with E-state index < -0.39 is 21.1 Å². The average Bonchev–Trinajstić information content (AvgIpc) is 2.38. The van der Waals surface area contributed by atoms with E-state index in [0.717, 1.165) is 12.1 Å². The molecule has 0 radical (unpaired) electrons. The number of ether oxygens (including phenoxy) is 1. The topological polar surface area (TPSA) is 89.5 Å². The average molecular weight is 303 g/mol. The number of esters is 1. The molecule has 0 spiro atoms. The van der Waals surface area contributed by atoms with Gasteiger partial charge in [-0.3, -0.25) is 9.59 Å². The Morgan fingerprint density at radius 3 is 2.35 bits per heavy atom. The van der Waals surface area contributed by atoms with Gasteiger partial charge in [-0.25, -0.2) is 0 Å². The zero-order valence-corrected chi connectivity index (χ0v) is 11.6. The number of nitrogens with one attached hydrogen (secondary N) is 1. The van der Waals surface area contributed by atoms with E-state index in [1.165, 1.54) is 19.2 Å². The first-order chi connectivity index (χ1) is 9.32. The lowest BCUT2D eigenvalue weighted by atomic mass is 10.1. The molecule has 0 bridgehead atoms. The third kappa shape index (κ3) is 5.35. The highest BCUT2D eigenvalue weighted by Crippen LogP contribution is 2.13. The van der Waals surface area contributed by atoms with Gasteiger partial charge in [0.25, 0.3) is 0 Å². The van der Waals surface area contributed by atoms with Crippen molar-refractivity contribution in [2.75, 3.05) is 13.7 Å². The molecule has 0 aromatic heterocycles. The number of rotatable bonds is 6. The number of carbonyl (C=O) groups is 2. The Morgan fingerprint density at radius 2 is 1.85 bits per heavy atom. The van der Waals surface area contributed by atoms with E-state index in [-0.39, 0.29) is 25.3 Å². The predicted molar refractivity (Wildman–Crippen MR) is 68.1 cm³/mol. The van der Waals surface area contributed by atoms with Crippen molar-refractivity contribution in [1.82, 2.24) is 5.32 Å². The molecule has 0 unspecified atom stereocenters. The van der Waals surface area contributed by atoms with E-state index in [4.69, 9.17) is 0 Å². The highest BCUT2D eigenvalue weighted by atomic mass is 32.3. The number of methoxy groups -OCH3 is 1. The van der Waals surface area contributed by atoms with Crippen molar-refractivity contribution in [3.63, 3.8) is 0 Å². The largest absolute Gasteiger partial charge is 0.469 e. The Morgan fingerprint density at radius 1 is 1.25 bits per heavy atom. The number of hydrogen-bond donors (Lipinski definition) is 1. The second-order valence-electron chi connectivity index (χ2n) is 3.93. The van der Waals surface area contributed by atoms with Crippen LogP contribution in [-0.2, 0) is 31.0 Å². The summed E-state index contributed by atoms with van der Waals surface area (Å²) in [6.45, 7) is 0.155. The lowest BCUT2D eigenvalue weighted by molar-refractivity contribution is -0.140. The van der Waals surface area contributed by atoms with Crippen LogP contribution in [0.2, 0.25) is 0 Å². The van der Waals surface area contributed by atoms with Crippen LogP contribution >= 0.6 is 0 Å². The fourth-order valence-corrected chi connectivity index (χ4v) is 1.88. The summed E-state index contributed by atoms with van der Waals surface area (Å²) in [4.78, 5) is 21.9. The standard InChI is InChI=1S/C12H14FNO5S/c1-19-12(16)6-7-14-11(15)8-9-2-4-10(5-3-9)20(13,17)18/h2-5H,6-8H2,1H3,(H,14,15). The van der Waals surface area contributed by atoms with Crippen LogP contribution < -0.4 is 5.32 Å². The second-order valence-corrected chi connectivity index (χ2v) is 5.28. The van der Waals surface area contributed by atoms with Crippen LogP contribution in [0.25, 0.3) is 0 Å². The molecule has 6 nitrogen and oxygen atoms in total. The number of hydrogen-bond acceptors (Lipinski definition) is 5. The van der Waals surface area contributed by atoms with Gasteiger partial charge in [0.2, 0.25) is 5.91 Å². The molecule has 0 saturated heterocycles. The van der Waals surface area contributed by atoms with Crippen LogP contribution in [0.3, 0.4) is 0 Å². The molecular formula is C12H14FNO5S. The number of benzene rings is 1. The molecule has 0 aliphatic heterocycles. The molecule has 0 saturated carbocycles. The minimum atomic E-state index is -4.73. The molecule has 1 N–H and O–H groups in total. The van der Waals surface area contributed by atoms with Gasteiger partial charge in [0, 0.05) is 6.54 Å². The zero-order valence-electron chi connectivity index (χ0n) is 10.8. The summed E-state index contributed by atoms with van der Waals surface area (Å²) in [5.41, 5.74) is 0.535. The monoisotopic (exact) mass is 303 g/mol. The summed E-state index contributed by atoms with van der Waals surface area (Å²) in [7, 11) is -3.47. The van der Waals surface area contributed by atoms with Crippen molar-refractivity contribution in [2.45, 2.75) is 17.7 Å². The molecule has 1 aromatic carbocycles. The maximum Gasteiger partial charge on any atom is 0.332 e. The van der Waals surface area contributed by atoms with Crippen LogP contribution in [-0.4, -0.2) is 33.9 Å². The molecular weight excluding hydrogens is 289 g/mol. The Kier molecular flexibility index (Phi) is 5.63. The predicted octanol–water partition coefficient (Wildman–Crippen LogP) is 0.567. The van der Waals surface area contributed by atoms with Gasteiger partial charge in [0.05, 0.1) is 24.8 Å². The molecule has 1 amide bonds. The lowest BCUT2D eigenvalue weighted by Crippen LogP contribution is -2.27. The molecule has 110 valence electrons. The highest BCUT2D eigenvalue weighted by molar-refractivity contribution is 7.86. The molecule has 0 fully saturated rings. The van der Waals surface area contributed by atoms with Crippen molar-refractivity contribution in [3.8, 4) is 0 Å². The maximum atomic E-state index is 12.6. The molecule has 8 heteroatoms. The minimum Gasteiger partial charge on any atom is -0.469 e. The molecule has 0 atom stereocenters. The van der Waals surface area contributed by atoms with E-state index in [1.807, 2.05) is 0 Å². The van der Waals surface area contributed by atoms with Crippen molar-refractivity contribution in [3.05, 3.63) is 29.8 Å². The summed E-state index contributed by atoms with van der Waals surface area (Å²) in [6.07, 6.45) is 0.0784. The third-order valence-electron chi connectivity index (χ3n) is 2.45. The van der Waals surface area contributed by atoms with Crippen LogP contribution in [0.4, 0.5) is 3.89 Å². The van der Waals surface area contributed by atoms with Crippen molar-refractivity contribution in [2.24, 2.45) is 0 Å². The SMILES string of the molecule is COC(=O)CCNC(=O)Cc1ccc(S(=O)(=O)F)cc1. The van der Waals surface area contributed by atoms with E-state index in [2.05, 4.69) is 10.1 Å².